The van der Waals surface area contributed by atoms with Gasteiger partial charge in [-0.15, -0.1) is 0 Å². The molecule has 1 N–H and O–H groups in total. The average Bonchev–Trinajstić information content (AvgIpc) is 2.94. The minimum absolute atomic E-state index is 0.139. The molecule has 0 radical (unpaired) electrons. The lowest BCUT2D eigenvalue weighted by atomic mass is 10.1. The SMILES string of the molecule is O=C(CN1c2cccc3cccc(c23)S1(=O)=O)NCC#Cc1cccc(C(F)(F)F)c1. The third-order valence-electron chi connectivity index (χ3n) is 4.76. The number of anilines is 1. The lowest BCUT2D eigenvalue weighted by Gasteiger charge is -2.17. The van der Waals surface area contributed by atoms with Crippen molar-refractivity contribution < 1.29 is 26.4 Å². The molecule has 5 nitrogen and oxygen atoms in total. The van der Waals surface area contributed by atoms with Crippen LogP contribution in [0.4, 0.5) is 18.9 Å². The summed E-state index contributed by atoms with van der Waals surface area (Å²) >= 11 is 0. The van der Waals surface area contributed by atoms with Gasteiger partial charge in [0.25, 0.3) is 10.0 Å². The Balaban J connectivity index is 1.44. The van der Waals surface area contributed by atoms with Crippen molar-refractivity contribution in [3.63, 3.8) is 0 Å². The van der Waals surface area contributed by atoms with E-state index in [4.69, 9.17) is 0 Å². The van der Waals surface area contributed by atoms with Crippen LogP contribution in [0.3, 0.4) is 0 Å². The van der Waals surface area contributed by atoms with Gasteiger partial charge in [-0.25, -0.2) is 8.42 Å². The van der Waals surface area contributed by atoms with Gasteiger partial charge < -0.3 is 5.32 Å². The molecule has 158 valence electrons. The summed E-state index contributed by atoms with van der Waals surface area (Å²) in [5.41, 5.74) is -0.220. The highest BCUT2D eigenvalue weighted by atomic mass is 32.2. The number of alkyl halides is 3. The van der Waals surface area contributed by atoms with E-state index in [1.54, 1.807) is 30.3 Å². The predicted octanol–water partition coefficient (Wildman–Crippen LogP) is 3.54. The fourth-order valence-electron chi connectivity index (χ4n) is 3.38. The van der Waals surface area contributed by atoms with Crippen LogP contribution >= 0.6 is 0 Å². The molecule has 3 aromatic carbocycles. The number of rotatable bonds is 3. The first-order valence-electron chi connectivity index (χ1n) is 9.15. The van der Waals surface area contributed by atoms with Crippen LogP contribution in [0.1, 0.15) is 11.1 Å². The number of nitrogens with one attached hydrogen (secondary N) is 1. The molecule has 1 heterocycles. The topological polar surface area (TPSA) is 66.5 Å². The summed E-state index contributed by atoms with van der Waals surface area (Å²) in [5.74, 6) is 4.56. The summed E-state index contributed by atoms with van der Waals surface area (Å²) in [7, 11) is -3.86. The van der Waals surface area contributed by atoms with Gasteiger partial charge >= 0.3 is 6.18 Å². The Kier molecular flexibility index (Phi) is 5.11. The van der Waals surface area contributed by atoms with Crippen molar-refractivity contribution in [1.82, 2.24) is 5.32 Å². The zero-order chi connectivity index (χ0) is 22.2. The van der Waals surface area contributed by atoms with Gasteiger partial charge in [0.1, 0.15) is 6.54 Å². The molecule has 9 heteroatoms. The molecule has 0 spiro atoms. The van der Waals surface area contributed by atoms with Crippen molar-refractivity contribution in [2.75, 3.05) is 17.4 Å². The largest absolute Gasteiger partial charge is 0.416 e. The van der Waals surface area contributed by atoms with Crippen molar-refractivity contribution in [2.45, 2.75) is 11.1 Å². The van der Waals surface area contributed by atoms with Crippen LogP contribution in [0.5, 0.6) is 0 Å². The number of halogens is 3. The first-order chi connectivity index (χ1) is 14.7. The molecule has 3 aromatic rings. The van der Waals surface area contributed by atoms with Crippen molar-refractivity contribution in [3.8, 4) is 11.8 Å². The van der Waals surface area contributed by atoms with E-state index >= 15 is 0 Å². The van der Waals surface area contributed by atoms with E-state index < -0.39 is 34.2 Å². The molecule has 0 fully saturated rings. The van der Waals surface area contributed by atoms with E-state index in [2.05, 4.69) is 17.2 Å². The second kappa shape index (κ2) is 7.63. The molecule has 0 saturated carbocycles. The van der Waals surface area contributed by atoms with Gasteiger partial charge in [-0.1, -0.05) is 42.2 Å². The Morgan fingerprint density at radius 3 is 2.48 bits per heavy atom. The molecular weight excluding hydrogens is 429 g/mol. The van der Waals surface area contributed by atoms with Gasteiger partial charge in [0.15, 0.2) is 0 Å². The highest BCUT2D eigenvalue weighted by Gasteiger charge is 2.36. The number of hydrogen-bond acceptors (Lipinski definition) is 3. The van der Waals surface area contributed by atoms with Gasteiger partial charge in [0.2, 0.25) is 5.91 Å². The predicted molar refractivity (Wildman–Crippen MR) is 110 cm³/mol. The Labute approximate surface area is 176 Å². The van der Waals surface area contributed by atoms with Crippen LogP contribution in [0.2, 0.25) is 0 Å². The maximum atomic E-state index is 12.9. The molecule has 4 rings (SSSR count). The van der Waals surface area contributed by atoms with Gasteiger partial charge in [-0.3, -0.25) is 9.10 Å². The zero-order valence-electron chi connectivity index (χ0n) is 15.9. The second-order valence-electron chi connectivity index (χ2n) is 6.80. The number of benzene rings is 3. The van der Waals surface area contributed by atoms with E-state index in [0.717, 1.165) is 21.8 Å². The quantitative estimate of drug-likeness (QED) is 0.629. The molecule has 0 aliphatic carbocycles. The highest BCUT2D eigenvalue weighted by molar-refractivity contribution is 7.93. The first kappa shape index (κ1) is 20.8. The minimum Gasteiger partial charge on any atom is -0.344 e. The number of carbonyl (C=O) groups is 1. The average molecular weight is 444 g/mol. The lowest BCUT2D eigenvalue weighted by Crippen LogP contribution is -2.39. The molecule has 1 aliphatic heterocycles. The van der Waals surface area contributed by atoms with Crippen molar-refractivity contribution in [2.24, 2.45) is 0 Å². The molecule has 0 atom stereocenters. The summed E-state index contributed by atoms with van der Waals surface area (Å²) in [4.78, 5) is 12.5. The minimum atomic E-state index is -4.46. The van der Waals surface area contributed by atoms with Gasteiger partial charge in [0, 0.05) is 10.9 Å². The number of sulfonamides is 1. The maximum absolute atomic E-state index is 12.9. The molecular formula is C22H15F3N2O3S. The Bertz CT molecular complexity index is 1350. The number of amides is 1. The van der Waals surface area contributed by atoms with Gasteiger partial charge in [-0.2, -0.15) is 13.2 Å². The summed E-state index contributed by atoms with van der Waals surface area (Å²) in [5, 5.41) is 3.81. The van der Waals surface area contributed by atoms with Crippen LogP contribution in [-0.4, -0.2) is 27.4 Å². The highest BCUT2D eigenvalue weighted by Crippen LogP contribution is 2.41. The number of carbonyl (C=O) groups excluding carboxylic acids is 1. The summed E-state index contributed by atoms with van der Waals surface area (Å²) in [6.45, 7) is -0.568. The van der Waals surface area contributed by atoms with Crippen molar-refractivity contribution in [1.29, 1.82) is 0 Å². The van der Waals surface area contributed by atoms with Crippen LogP contribution in [0, 0.1) is 11.8 Å². The van der Waals surface area contributed by atoms with E-state index in [-0.39, 0.29) is 17.0 Å². The third kappa shape index (κ3) is 3.94. The summed E-state index contributed by atoms with van der Waals surface area (Å²) in [6.07, 6.45) is -4.46. The van der Waals surface area contributed by atoms with E-state index in [1.165, 1.54) is 18.2 Å². The molecule has 1 aliphatic rings. The fourth-order valence-corrected chi connectivity index (χ4v) is 5.04. The monoisotopic (exact) mass is 444 g/mol. The fraction of sp³-hybridized carbons (Fsp3) is 0.136. The molecule has 0 aromatic heterocycles. The Hall–Kier alpha value is -3.51. The van der Waals surface area contributed by atoms with Crippen molar-refractivity contribution in [3.05, 3.63) is 71.8 Å². The lowest BCUT2D eigenvalue weighted by molar-refractivity contribution is -0.137. The van der Waals surface area contributed by atoms with Gasteiger partial charge in [0.05, 0.1) is 22.7 Å². The molecule has 31 heavy (non-hydrogen) atoms. The normalized spacial score (nSPS) is 14.2. The van der Waals surface area contributed by atoms with E-state index in [9.17, 15) is 26.4 Å². The van der Waals surface area contributed by atoms with E-state index in [1.807, 2.05) is 0 Å². The summed E-state index contributed by atoms with van der Waals surface area (Å²) < 4.78 is 65.0. The molecule has 0 bridgehead atoms. The standard InChI is InChI=1S/C22H15F3N2O3S/c23-22(24,25)17-9-1-5-15(13-17)6-4-12-26-20(28)14-27-18-10-2-7-16-8-3-11-19(21(16)18)31(27,29)30/h1-3,5,7-11,13H,12,14H2,(H,26,28). The third-order valence-corrected chi connectivity index (χ3v) is 6.57. The zero-order valence-corrected chi connectivity index (χ0v) is 16.7. The Morgan fingerprint density at radius 1 is 1.03 bits per heavy atom. The number of hydrogen-bond donors (Lipinski definition) is 1. The van der Waals surface area contributed by atoms with Crippen LogP contribution in [0.25, 0.3) is 10.8 Å². The van der Waals surface area contributed by atoms with Crippen molar-refractivity contribution >= 4 is 32.4 Å². The molecule has 0 saturated heterocycles. The van der Waals surface area contributed by atoms with Crippen LogP contribution < -0.4 is 9.62 Å². The first-order valence-corrected chi connectivity index (χ1v) is 10.6. The Morgan fingerprint density at radius 2 is 1.74 bits per heavy atom. The molecule has 1 amide bonds. The van der Waals surface area contributed by atoms with E-state index in [0.29, 0.717) is 11.1 Å². The summed E-state index contributed by atoms with van der Waals surface area (Å²) in [6, 6.07) is 14.6. The second-order valence-corrected chi connectivity index (χ2v) is 8.63. The van der Waals surface area contributed by atoms with Crippen LogP contribution in [0.15, 0.2) is 65.6 Å². The van der Waals surface area contributed by atoms with Gasteiger partial charge in [-0.05, 0) is 35.7 Å². The van der Waals surface area contributed by atoms with Crippen LogP contribution in [-0.2, 0) is 21.0 Å². The molecule has 0 unspecified atom stereocenters. The number of nitrogens with zero attached hydrogens (tertiary/aromatic N) is 1. The maximum Gasteiger partial charge on any atom is 0.416 e. The smallest absolute Gasteiger partial charge is 0.344 e.